The van der Waals surface area contributed by atoms with Gasteiger partial charge in [0.05, 0.1) is 12.4 Å². The maximum atomic E-state index is 11.9. The highest BCUT2D eigenvalue weighted by atomic mass is 79.9. The molecule has 0 unspecified atom stereocenters. The highest BCUT2D eigenvalue weighted by molar-refractivity contribution is 9.10. The van der Waals surface area contributed by atoms with Crippen LogP contribution in [0.15, 0.2) is 33.6 Å². The number of amides is 1. The lowest BCUT2D eigenvalue weighted by molar-refractivity contribution is 0.0444. The van der Waals surface area contributed by atoms with Crippen molar-refractivity contribution >= 4 is 21.8 Å². The standard InChI is InChI=1S/C10H9BrN4O2/c11-9-2-1-8(17-9)10(16)14-5-7(6-14)15-12-3-4-13-15/h1-4,7H,5-6H2. The molecule has 1 fully saturated rings. The fraction of sp³-hybridized carbons (Fsp3) is 0.300. The van der Waals surface area contributed by atoms with Crippen molar-refractivity contribution in [1.82, 2.24) is 19.9 Å². The number of likely N-dealkylation sites (tertiary alicyclic amines) is 1. The zero-order chi connectivity index (χ0) is 11.8. The molecule has 0 N–H and O–H groups in total. The number of nitrogens with zero attached hydrogens (tertiary/aromatic N) is 4. The Hall–Kier alpha value is -1.63. The molecular weight excluding hydrogens is 288 g/mol. The fourth-order valence-electron chi connectivity index (χ4n) is 1.77. The maximum absolute atomic E-state index is 11.9. The van der Waals surface area contributed by atoms with Gasteiger partial charge in [0, 0.05) is 13.1 Å². The van der Waals surface area contributed by atoms with Crippen LogP contribution in [0.1, 0.15) is 16.6 Å². The summed E-state index contributed by atoms with van der Waals surface area (Å²) >= 11 is 3.17. The smallest absolute Gasteiger partial charge is 0.289 e. The number of halogens is 1. The summed E-state index contributed by atoms with van der Waals surface area (Å²) < 4.78 is 5.78. The molecule has 7 heteroatoms. The van der Waals surface area contributed by atoms with Crippen LogP contribution >= 0.6 is 15.9 Å². The molecule has 0 saturated carbocycles. The molecule has 3 heterocycles. The molecule has 1 aliphatic rings. The summed E-state index contributed by atoms with van der Waals surface area (Å²) in [5.41, 5.74) is 0. The number of carbonyl (C=O) groups excluding carboxylic acids is 1. The van der Waals surface area contributed by atoms with Gasteiger partial charge in [-0.15, -0.1) is 0 Å². The summed E-state index contributed by atoms with van der Waals surface area (Å²) in [6.45, 7) is 1.23. The molecule has 1 amide bonds. The molecule has 88 valence electrons. The second-order valence-electron chi connectivity index (χ2n) is 3.82. The van der Waals surface area contributed by atoms with Crippen molar-refractivity contribution in [2.45, 2.75) is 6.04 Å². The third-order valence-electron chi connectivity index (χ3n) is 2.70. The average molecular weight is 297 g/mol. The normalized spacial score (nSPS) is 15.9. The molecule has 0 radical (unpaired) electrons. The Morgan fingerprint density at radius 2 is 2.06 bits per heavy atom. The first-order chi connectivity index (χ1) is 8.24. The molecule has 0 bridgehead atoms. The summed E-state index contributed by atoms with van der Waals surface area (Å²) in [4.78, 5) is 15.3. The lowest BCUT2D eigenvalue weighted by atomic mass is 10.1. The molecule has 3 rings (SSSR count). The first-order valence-electron chi connectivity index (χ1n) is 5.14. The van der Waals surface area contributed by atoms with E-state index in [4.69, 9.17) is 4.42 Å². The molecule has 2 aromatic heterocycles. The molecule has 1 saturated heterocycles. The van der Waals surface area contributed by atoms with Crippen LogP contribution in [0.4, 0.5) is 0 Å². The number of hydrogen-bond donors (Lipinski definition) is 0. The predicted octanol–water partition coefficient (Wildman–Crippen LogP) is 1.33. The van der Waals surface area contributed by atoms with Gasteiger partial charge in [-0.2, -0.15) is 15.0 Å². The molecule has 6 nitrogen and oxygen atoms in total. The Balaban J connectivity index is 1.64. The van der Waals surface area contributed by atoms with Gasteiger partial charge in [0.15, 0.2) is 10.4 Å². The van der Waals surface area contributed by atoms with Crippen LogP contribution < -0.4 is 0 Å². The van der Waals surface area contributed by atoms with Crippen LogP contribution in [0.25, 0.3) is 0 Å². The Labute approximate surface area is 105 Å². The zero-order valence-electron chi connectivity index (χ0n) is 8.78. The molecule has 1 aliphatic heterocycles. The molecule has 17 heavy (non-hydrogen) atoms. The van der Waals surface area contributed by atoms with Crippen LogP contribution in [0.2, 0.25) is 0 Å². The molecule has 0 aromatic carbocycles. The van der Waals surface area contributed by atoms with Gasteiger partial charge in [-0.25, -0.2) is 0 Å². The number of carbonyl (C=O) groups is 1. The molecular formula is C10H9BrN4O2. The van der Waals surface area contributed by atoms with E-state index in [1.807, 2.05) is 0 Å². The van der Waals surface area contributed by atoms with Gasteiger partial charge in [-0.3, -0.25) is 4.79 Å². The van der Waals surface area contributed by atoms with Gasteiger partial charge in [0.1, 0.15) is 6.04 Å². The third kappa shape index (κ3) is 1.86. The van der Waals surface area contributed by atoms with Gasteiger partial charge in [0.2, 0.25) is 0 Å². The number of furan rings is 1. The highest BCUT2D eigenvalue weighted by Crippen LogP contribution is 2.23. The van der Waals surface area contributed by atoms with Gasteiger partial charge >= 0.3 is 0 Å². The van der Waals surface area contributed by atoms with E-state index in [9.17, 15) is 4.79 Å². The quantitative estimate of drug-likeness (QED) is 0.839. The highest BCUT2D eigenvalue weighted by Gasteiger charge is 2.34. The van der Waals surface area contributed by atoms with Crippen molar-refractivity contribution in [3.8, 4) is 0 Å². The van der Waals surface area contributed by atoms with Crippen molar-refractivity contribution < 1.29 is 9.21 Å². The second-order valence-corrected chi connectivity index (χ2v) is 4.60. The van der Waals surface area contributed by atoms with Gasteiger partial charge in [0.25, 0.3) is 5.91 Å². The largest absolute Gasteiger partial charge is 0.444 e. The van der Waals surface area contributed by atoms with Crippen LogP contribution in [-0.2, 0) is 0 Å². The molecule has 0 atom stereocenters. The minimum absolute atomic E-state index is 0.0980. The average Bonchev–Trinajstić information content (AvgIpc) is 2.86. The van der Waals surface area contributed by atoms with Crippen LogP contribution in [0.3, 0.4) is 0 Å². The summed E-state index contributed by atoms with van der Waals surface area (Å²) in [5, 5.41) is 8.09. The van der Waals surface area contributed by atoms with E-state index in [1.54, 1.807) is 34.2 Å². The van der Waals surface area contributed by atoms with Crippen molar-refractivity contribution in [2.24, 2.45) is 0 Å². The van der Waals surface area contributed by atoms with Crippen molar-refractivity contribution in [2.75, 3.05) is 13.1 Å². The first-order valence-corrected chi connectivity index (χ1v) is 5.94. The lowest BCUT2D eigenvalue weighted by Crippen LogP contribution is -2.51. The summed E-state index contributed by atoms with van der Waals surface area (Å²) in [6, 6.07) is 3.54. The zero-order valence-corrected chi connectivity index (χ0v) is 10.4. The van der Waals surface area contributed by atoms with E-state index in [-0.39, 0.29) is 11.9 Å². The first kappa shape index (κ1) is 10.5. The maximum Gasteiger partial charge on any atom is 0.289 e. The van der Waals surface area contributed by atoms with E-state index < -0.39 is 0 Å². The minimum atomic E-state index is -0.0980. The van der Waals surface area contributed by atoms with E-state index in [2.05, 4.69) is 26.1 Å². The van der Waals surface area contributed by atoms with Gasteiger partial charge in [-0.1, -0.05) is 0 Å². The second kappa shape index (κ2) is 3.99. The van der Waals surface area contributed by atoms with Gasteiger partial charge in [-0.05, 0) is 28.1 Å². The Morgan fingerprint density at radius 1 is 1.35 bits per heavy atom. The monoisotopic (exact) mass is 296 g/mol. The van der Waals surface area contributed by atoms with Crippen LogP contribution in [-0.4, -0.2) is 38.9 Å². The Morgan fingerprint density at radius 3 is 2.65 bits per heavy atom. The predicted molar refractivity (Wildman–Crippen MR) is 61.4 cm³/mol. The third-order valence-corrected chi connectivity index (χ3v) is 3.12. The number of aromatic nitrogens is 3. The Bertz CT molecular complexity index is 530. The van der Waals surface area contributed by atoms with Crippen LogP contribution in [0, 0.1) is 0 Å². The SMILES string of the molecule is O=C(c1ccc(Br)o1)N1CC(n2nccn2)C1. The summed E-state index contributed by atoms with van der Waals surface area (Å²) in [6.07, 6.45) is 3.27. The van der Waals surface area contributed by atoms with Crippen molar-refractivity contribution in [1.29, 1.82) is 0 Å². The summed E-state index contributed by atoms with van der Waals surface area (Å²) in [5.74, 6) is 0.253. The van der Waals surface area contributed by atoms with Crippen molar-refractivity contribution in [3.05, 3.63) is 35.0 Å². The molecule has 0 spiro atoms. The Kier molecular flexibility index (Phi) is 2.47. The summed E-state index contributed by atoms with van der Waals surface area (Å²) in [7, 11) is 0. The molecule has 0 aliphatic carbocycles. The molecule has 2 aromatic rings. The van der Waals surface area contributed by atoms with E-state index in [0.29, 0.717) is 23.5 Å². The van der Waals surface area contributed by atoms with Crippen LogP contribution in [0.5, 0.6) is 0 Å². The fourth-order valence-corrected chi connectivity index (χ4v) is 2.07. The lowest BCUT2D eigenvalue weighted by Gasteiger charge is -2.37. The van der Waals surface area contributed by atoms with E-state index in [0.717, 1.165) is 0 Å². The van der Waals surface area contributed by atoms with Gasteiger partial charge < -0.3 is 9.32 Å². The number of hydrogen-bond acceptors (Lipinski definition) is 4. The minimum Gasteiger partial charge on any atom is -0.444 e. The van der Waals surface area contributed by atoms with E-state index >= 15 is 0 Å². The topological polar surface area (TPSA) is 64.2 Å². The van der Waals surface area contributed by atoms with E-state index in [1.165, 1.54) is 0 Å². The van der Waals surface area contributed by atoms with Crippen molar-refractivity contribution in [3.63, 3.8) is 0 Å². The number of rotatable bonds is 2.